The number of para-hydroxylation sites is 1. The van der Waals surface area contributed by atoms with Gasteiger partial charge in [-0.05, 0) is 40.2 Å². The van der Waals surface area contributed by atoms with Gasteiger partial charge in [0, 0.05) is 0 Å². The lowest BCUT2D eigenvalue weighted by Gasteiger charge is -2.08. The largest absolute Gasteiger partial charge is 0.478 e. The molecule has 0 aliphatic heterocycles. The molecule has 0 unspecified atom stereocenters. The van der Waals surface area contributed by atoms with Crippen molar-refractivity contribution >= 4 is 44.5 Å². The number of carbonyl (C=O) groups is 1. The predicted molar refractivity (Wildman–Crippen MR) is 83.6 cm³/mol. The summed E-state index contributed by atoms with van der Waals surface area (Å²) in [5.41, 5.74) is 0.844. The number of fused-ring (bicyclic) bond motifs is 1. The van der Waals surface area contributed by atoms with Gasteiger partial charge in [-0.2, -0.15) is 0 Å². The first-order valence-corrected chi connectivity index (χ1v) is 7.09. The van der Waals surface area contributed by atoms with E-state index in [4.69, 9.17) is 11.6 Å². The second kappa shape index (κ2) is 5.05. The van der Waals surface area contributed by atoms with Gasteiger partial charge in [-0.1, -0.05) is 23.7 Å². The van der Waals surface area contributed by atoms with E-state index in [0.717, 1.165) is 0 Å². The lowest BCUT2D eigenvalue weighted by molar-refractivity contribution is 0.0698. The van der Waals surface area contributed by atoms with Gasteiger partial charge in [-0.15, -0.1) is 0 Å². The van der Waals surface area contributed by atoms with Crippen molar-refractivity contribution in [3.05, 3.63) is 61.9 Å². The standard InChI is InChI=1S/C14H8BrClN2O3/c15-11-8(16)4-2-6-10(11)18-12-7(13(19)20)3-1-5-9(12)17-14(18)21/h1-6H,(H,17,21)(H,19,20). The van der Waals surface area contributed by atoms with Crippen molar-refractivity contribution in [1.82, 2.24) is 9.55 Å². The third kappa shape index (κ3) is 2.16. The second-order valence-corrected chi connectivity index (χ2v) is 5.55. The van der Waals surface area contributed by atoms with E-state index in [2.05, 4.69) is 20.9 Å². The van der Waals surface area contributed by atoms with Gasteiger partial charge in [0.1, 0.15) is 0 Å². The third-order valence-corrected chi connectivity index (χ3v) is 4.48. The van der Waals surface area contributed by atoms with E-state index in [1.54, 1.807) is 30.3 Å². The molecule has 5 nitrogen and oxygen atoms in total. The molecule has 3 aromatic rings. The topological polar surface area (TPSA) is 75.1 Å². The molecule has 0 radical (unpaired) electrons. The van der Waals surface area contributed by atoms with Gasteiger partial charge in [0.15, 0.2) is 0 Å². The zero-order valence-electron chi connectivity index (χ0n) is 10.4. The number of nitrogens with one attached hydrogen (secondary N) is 1. The number of carboxylic acid groups (broad SMARTS) is 1. The monoisotopic (exact) mass is 366 g/mol. The Kier molecular flexibility index (Phi) is 3.35. The first-order valence-electron chi connectivity index (χ1n) is 5.92. The predicted octanol–water partition coefficient (Wildman–Crippen LogP) is 3.43. The number of imidazole rings is 1. The average Bonchev–Trinajstić information content (AvgIpc) is 2.77. The summed E-state index contributed by atoms with van der Waals surface area (Å²) in [6.07, 6.45) is 0. The van der Waals surface area contributed by atoms with Crippen LogP contribution < -0.4 is 5.69 Å². The molecule has 3 rings (SSSR count). The van der Waals surface area contributed by atoms with E-state index in [0.29, 0.717) is 26.2 Å². The van der Waals surface area contributed by atoms with E-state index in [9.17, 15) is 14.7 Å². The van der Waals surface area contributed by atoms with Crippen LogP contribution in [0, 0.1) is 0 Å². The van der Waals surface area contributed by atoms with Crippen LogP contribution in [0.2, 0.25) is 5.02 Å². The number of hydrogen-bond acceptors (Lipinski definition) is 2. The molecule has 21 heavy (non-hydrogen) atoms. The van der Waals surface area contributed by atoms with Gasteiger partial charge < -0.3 is 10.1 Å². The van der Waals surface area contributed by atoms with Crippen molar-refractivity contribution in [3.8, 4) is 5.69 Å². The average molecular weight is 368 g/mol. The summed E-state index contributed by atoms with van der Waals surface area (Å²) >= 11 is 9.38. The lowest BCUT2D eigenvalue weighted by Crippen LogP contribution is -2.16. The number of benzene rings is 2. The van der Waals surface area contributed by atoms with Crippen molar-refractivity contribution in [2.75, 3.05) is 0 Å². The zero-order chi connectivity index (χ0) is 15.1. The highest BCUT2D eigenvalue weighted by Crippen LogP contribution is 2.30. The van der Waals surface area contributed by atoms with Gasteiger partial charge in [0.25, 0.3) is 0 Å². The van der Waals surface area contributed by atoms with Crippen molar-refractivity contribution in [1.29, 1.82) is 0 Å². The molecule has 0 amide bonds. The smallest absolute Gasteiger partial charge is 0.337 e. The van der Waals surface area contributed by atoms with Crippen molar-refractivity contribution < 1.29 is 9.90 Å². The van der Waals surface area contributed by atoms with Gasteiger partial charge in [-0.3, -0.25) is 4.57 Å². The Balaban J connectivity index is 2.48. The summed E-state index contributed by atoms with van der Waals surface area (Å²) < 4.78 is 1.82. The van der Waals surface area contributed by atoms with E-state index in [-0.39, 0.29) is 5.56 Å². The fourth-order valence-electron chi connectivity index (χ4n) is 2.23. The molecule has 7 heteroatoms. The maximum absolute atomic E-state index is 12.2. The summed E-state index contributed by atoms with van der Waals surface area (Å²) in [7, 11) is 0. The highest BCUT2D eigenvalue weighted by atomic mass is 79.9. The second-order valence-electron chi connectivity index (χ2n) is 4.35. The maximum Gasteiger partial charge on any atom is 0.337 e. The van der Waals surface area contributed by atoms with Crippen LogP contribution in [0.5, 0.6) is 0 Å². The Morgan fingerprint density at radius 1 is 1.24 bits per heavy atom. The molecule has 0 bridgehead atoms. The number of H-pyrrole nitrogens is 1. The van der Waals surface area contributed by atoms with Crippen molar-refractivity contribution in [2.24, 2.45) is 0 Å². The van der Waals surface area contributed by atoms with Gasteiger partial charge in [-0.25, -0.2) is 9.59 Å². The normalized spacial score (nSPS) is 11.0. The van der Waals surface area contributed by atoms with Crippen LogP contribution in [-0.2, 0) is 0 Å². The van der Waals surface area contributed by atoms with E-state index < -0.39 is 11.7 Å². The molecule has 0 spiro atoms. The molecule has 0 saturated heterocycles. The summed E-state index contributed by atoms with van der Waals surface area (Å²) in [5, 5.41) is 9.75. The number of aromatic nitrogens is 2. The van der Waals surface area contributed by atoms with Crippen LogP contribution in [-0.4, -0.2) is 20.6 Å². The highest BCUT2D eigenvalue weighted by molar-refractivity contribution is 9.10. The Bertz CT molecular complexity index is 930. The van der Waals surface area contributed by atoms with Crippen molar-refractivity contribution in [2.45, 2.75) is 0 Å². The molecule has 106 valence electrons. The minimum absolute atomic E-state index is 0.0396. The number of rotatable bonds is 2. The molecular weight excluding hydrogens is 360 g/mol. The number of aromatic carboxylic acids is 1. The van der Waals surface area contributed by atoms with Gasteiger partial charge in [0.2, 0.25) is 0 Å². The fraction of sp³-hybridized carbons (Fsp3) is 0. The first kappa shape index (κ1) is 13.9. The van der Waals surface area contributed by atoms with Crippen LogP contribution in [0.25, 0.3) is 16.7 Å². The Morgan fingerprint density at radius 3 is 2.67 bits per heavy atom. The molecule has 2 N–H and O–H groups in total. The number of nitrogens with zero attached hydrogens (tertiary/aromatic N) is 1. The fourth-order valence-corrected chi connectivity index (χ4v) is 2.84. The Hall–Kier alpha value is -2.05. The van der Waals surface area contributed by atoms with Gasteiger partial charge >= 0.3 is 11.7 Å². The minimum Gasteiger partial charge on any atom is -0.478 e. The summed E-state index contributed by atoms with van der Waals surface area (Å²) in [6.45, 7) is 0. The zero-order valence-corrected chi connectivity index (χ0v) is 12.8. The number of aromatic amines is 1. The SMILES string of the molecule is O=C(O)c1cccc2[nH]c(=O)n(-c3cccc(Cl)c3Br)c12. The highest BCUT2D eigenvalue weighted by Gasteiger charge is 2.18. The van der Waals surface area contributed by atoms with Crippen LogP contribution in [0.15, 0.2) is 45.7 Å². The maximum atomic E-state index is 12.2. The summed E-state index contributed by atoms with van der Waals surface area (Å²) in [6, 6.07) is 9.73. The van der Waals surface area contributed by atoms with Crippen LogP contribution in [0.1, 0.15) is 10.4 Å². The molecule has 0 aliphatic carbocycles. The van der Waals surface area contributed by atoms with Crippen LogP contribution >= 0.6 is 27.5 Å². The Morgan fingerprint density at radius 2 is 1.95 bits per heavy atom. The molecule has 1 heterocycles. The molecule has 1 aromatic heterocycles. The molecule has 0 atom stereocenters. The number of halogens is 2. The van der Waals surface area contributed by atoms with Crippen molar-refractivity contribution in [3.63, 3.8) is 0 Å². The van der Waals surface area contributed by atoms with E-state index in [1.165, 1.54) is 10.6 Å². The summed E-state index contributed by atoms with van der Waals surface area (Å²) in [4.78, 5) is 26.3. The summed E-state index contributed by atoms with van der Waals surface area (Å²) in [5.74, 6) is -1.11. The van der Waals surface area contributed by atoms with E-state index >= 15 is 0 Å². The molecule has 0 fully saturated rings. The lowest BCUT2D eigenvalue weighted by atomic mass is 10.2. The first-order chi connectivity index (χ1) is 10.0. The molecule has 2 aromatic carbocycles. The van der Waals surface area contributed by atoms with Gasteiger partial charge in [0.05, 0.1) is 31.8 Å². The molecular formula is C14H8BrClN2O3. The number of hydrogen-bond donors (Lipinski definition) is 2. The van der Waals surface area contributed by atoms with Crippen LogP contribution in [0.3, 0.4) is 0 Å². The Labute approximate surface area is 131 Å². The quantitative estimate of drug-likeness (QED) is 0.728. The minimum atomic E-state index is -1.11. The van der Waals surface area contributed by atoms with Crippen LogP contribution in [0.4, 0.5) is 0 Å². The van der Waals surface area contributed by atoms with E-state index in [1.807, 2.05) is 0 Å². The third-order valence-electron chi connectivity index (χ3n) is 3.11. The molecule has 0 saturated carbocycles. The molecule has 0 aliphatic rings. The number of carboxylic acids is 1.